The number of amides is 1. The number of hydrogen-bond acceptors (Lipinski definition) is 10. The van der Waals surface area contributed by atoms with Crippen LogP contribution in [0.4, 0.5) is 10.5 Å². The molecule has 2 N–H and O–H groups in total. The van der Waals surface area contributed by atoms with Gasteiger partial charge in [0.25, 0.3) is 5.91 Å². The second kappa shape index (κ2) is 13.5. The van der Waals surface area contributed by atoms with Crippen LogP contribution >= 0.6 is 23.5 Å². The average Bonchev–Trinajstić information content (AvgIpc) is 3.54. The van der Waals surface area contributed by atoms with Crippen LogP contribution in [0.15, 0.2) is 119 Å². The molecule has 10 nitrogen and oxygen atoms in total. The molecule has 0 atom stereocenters. The number of ether oxygens (including phenoxy) is 2. The topological polar surface area (TPSA) is 128 Å². The monoisotopic (exact) mass is 635 g/mol. The fraction of sp³-hybridized carbons (Fsp3) is 0.0606. The first-order valence-electron chi connectivity index (χ1n) is 13.6. The van der Waals surface area contributed by atoms with Gasteiger partial charge in [-0.2, -0.15) is 4.68 Å². The van der Waals surface area contributed by atoms with E-state index in [1.54, 1.807) is 72.5 Å². The van der Waals surface area contributed by atoms with Gasteiger partial charge in [-0.25, -0.2) is 4.79 Å². The van der Waals surface area contributed by atoms with E-state index in [0.29, 0.717) is 43.8 Å². The second-order valence-electron chi connectivity index (χ2n) is 9.59. The highest BCUT2D eigenvalue weighted by Crippen LogP contribution is 2.36. The zero-order valence-electron chi connectivity index (χ0n) is 23.8. The minimum atomic E-state index is -0.535. The van der Waals surface area contributed by atoms with Crippen molar-refractivity contribution in [2.75, 3.05) is 12.4 Å². The summed E-state index contributed by atoms with van der Waals surface area (Å²) in [6.07, 6.45) is 0. The molecule has 12 heteroatoms. The number of methoxy groups -OCH3 is 1. The summed E-state index contributed by atoms with van der Waals surface area (Å²) in [4.78, 5) is 26.3. The minimum Gasteiger partial charge on any atom is -0.506 e. The molecule has 0 radical (unpaired) electrons. The lowest BCUT2D eigenvalue weighted by Crippen LogP contribution is -2.12. The number of aromatic hydroxyl groups is 1. The van der Waals surface area contributed by atoms with Gasteiger partial charge in [-0.15, -0.1) is 5.10 Å². The summed E-state index contributed by atoms with van der Waals surface area (Å²) < 4.78 is 12.4. The number of carbonyl (C=O) groups excluding carboxylic acids is 2. The smallest absolute Gasteiger partial charge is 0.377 e. The van der Waals surface area contributed by atoms with Crippen molar-refractivity contribution in [1.29, 1.82) is 0 Å². The van der Waals surface area contributed by atoms with E-state index >= 15 is 0 Å². The Morgan fingerprint density at radius 1 is 0.844 bits per heavy atom. The van der Waals surface area contributed by atoms with Crippen molar-refractivity contribution < 1.29 is 24.2 Å². The van der Waals surface area contributed by atoms with E-state index in [1.165, 1.54) is 17.8 Å². The van der Waals surface area contributed by atoms with E-state index in [1.807, 2.05) is 42.5 Å². The molecule has 45 heavy (non-hydrogen) atoms. The number of carbonyl (C=O) groups is 2. The summed E-state index contributed by atoms with van der Waals surface area (Å²) in [5.74, 6) is 1.04. The number of rotatable bonds is 9. The SMILES string of the molecule is COc1ccc(NC(=O)c2ccc3c(SC(=O)Oc4ccc(CSc5nnnn5-c5ccccc5)cc4)cccc3c2O)cc1. The molecule has 0 aliphatic carbocycles. The van der Waals surface area contributed by atoms with Gasteiger partial charge < -0.3 is 19.9 Å². The summed E-state index contributed by atoms with van der Waals surface area (Å²) in [5, 5.41) is 26.9. The highest BCUT2D eigenvalue weighted by molar-refractivity contribution is 8.13. The summed E-state index contributed by atoms with van der Waals surface area (Å²) >= 11 is 2.39. The van der Waals surface area contributed by atoms with Crippen LogP contribution in [0.3, 0.4) is 0 Å². The Balaban J connectivity index is 1.08. The zero-order chi connectivity index (χ0) is 31.2. The normalized spacial score (nSPS) is 10.9. The van der Waals surface area contributed by atoms with Crippen molar-refractivity contribution in [2.24, 2.45) is 0 Å². The standard InChI is InChI=1S/C33H25N5O5S2/c1-42-24-16-12-22(13-17-24)34-31(40)28-19-18-26-27(30(28)39)8-5-9-29(26)45-33(41)43-25-14-10-21(11-15-25)20-44-32-35-36-37-38(32)23-6-3-2-4-7-23/h2-19,39H,20H2,1H3,(H,34,40). The lowest BCUT2D eigenvalue weighted by atomic mass is 10.0. The van der Waals surface area contributed by atoms with Crippen LogP contribution in [0.5, 0.6) is 17.2 Å². The van der Waals surface area contributed by atoms with Gasteiger partial charge in [0.15, 0.2) is 0 Å². The summed E-state index contributed by atoms with van der Waals surface area (Å²) in [5.41, 5.74) is 2.55. The first-order chi connectivity index (χ1) is 22.0. The Kier molecular flexibility index (Phi) is 8.94. The van der Waals surface area contributed by atoms with Gasteiger partial charge in [0, 0.05) is 21.7 Å². The maximum atomic E-state index is 12.9. The quantitative estimate of drug-likeness (QED) is 0.123. The molecule has 0 saturated carbocycles. The molecule has 0 spiro atoms. The van der Waals surface area contributed by atoms with Crippen LogP contribution in [0.1, 0.15) is 15.9 Å². The van der Waals surface area contributed by atoms with Crippen LogP contribution in [0.25, 0.3) is 16.5 Å². The number of nitrogens with zero attached hydrogens (tertiary/aromatic N) is 4. The highest BCUT2D eigenvalue weighted by atomic mass is 32.2. The molecule has 224 valence electrons. The molecule has 6 aromatic rings. The van der Waals surface area contributed by atoms with Crippen LogP contribution < -0.4 is 14.8 Å². The van der Waals surface area contributed by atoms with Crippen molar-refractivity contribution in [1.82, 2.24) is 20.2 Å². The molecule has 6 rings (SSSR count). The van der Waals surface area contributed by atoms with E-state index in [9.17, 15) is 14.7 Å². The number of aromatic nitrogens is 4. The van der Waals surface area contributed by atoms with Gasteiger partial charge in [0.2, 0.25) is 5.16 Å². The number of tetrazole rings is 1. The third-order valence-corrected chi connectivity index (χ3v) is 8.53. The third-order valence-electron chi connectivity index (χ3n) is 6.71. The highest BCUT2D eigenvalue weighted by Gasteiger charge is 2.18. The van der Waals surface area contributed by atoms with E-state index in [2.05, 4.69) is 20.8 Å². The van der Waals surface area contributed by atoms with Crippen molar-refractivity contribution in [3.05, 3.63) is 120 Å². The maximum Gasteiger partial charge on any atom is 0.377 e. The number of phenolic OH excluding ortho intramolecular Hbond substituents is 1. The number of thioether (sulfide) groups is 2. The molecule has 1 heterocycles. The Bertz CT molecular complexity index is 1970. The van der Waals surface area contributed by atoms with Crippen LogP contribution in [-0.2, 0) is 5.75 Å². The molecular weight excluding hydrogens is 611 g/mol. The Morgan fingerprint density at radius 2 is 1.60 bits per heavy atom. The van der Waals surface area contributed by atoms with Crippen molar-refractivity contribution in [3.63, 3.8) is 0 Å². The first-order valence-corrected chi connectivity index (χ1v) is 15.4. The van der Waals surface area contributed by atoms with Gasteiger partial charge in [-0.1, -0.05) is 60.3 Å². The largest absolute Gasteiger partial charge is 0.506 e. The maximum absolute atomic E-state index is 12.9. The molecular formula is C33H25N5O5S2. The van der Waals surface area contributed by atoms with Gasteiger partial charge in [-0.3, -0.25) is 4.79 Å². The van der Waals surface area contributed by atoms with Gasteiger partial charge in [0.1, 0.15) is 17.2 Å². The van der Waals surface area contributed by atoms with Crippen LogP contribution in [0, 0.1) is 0 Å². The van der Waals surface area contributed by atoms with E-state index in [0.717, 1.165) is 23.0 Å². The van der Waals surface area contributed by atoms with Crippen LogP contribution in [0.2, 0.25) is 0 Å². The molecule has 0 bridgehead atoms. The number of para-hydroxylation sites is 1. The molecule has 0 fully saturated rings. The molecule has 0 aliphatic rings. The second-order valence-corrected chi connectivity index (χ2v) is 11.5. The molecule has 1 amide bonds. The Morgan fingerprint density at radius 3 is 2.36 bits per heavy atom. The molecule has 1 aromatic heterocycles. The fourth-order valence-corrected chi connectivity index (χ4v) is 6.07. The summed E-state index contributed by atoms with van der Waals surface area (Å²) in [6.45, 7) is 0. The molecule has 5 aromatic carbocycles. The zero-order valence-corrected chi connectivity index (χ0v) is 25.4. The van der Waals surface area contributed by atoms with Crippen molar-refractivity contribution in [3.8, 4) is 22.9 Å². The predicted octanol–water partition coefficient (Wildman–Crippen LogP) is 7.37. The van der Waals surface area contributed by atoms with Crippen molar-refractivity contribution >= 4 is 51.2 Å². The number of fused-ring (bicyclic) bond motifs is 1. The molecule has 0 aliphatic heterocycles. The lowest BCUT2D eigenvalue weighted by Gasteiger charge is -2.12. The Hall–Kier alpha value is -5.33. The van der Waals surface area contributed by atoms with Gasteiger partial charge in [0.05, 0.1) is 18.4 Å². The average molecular weight is 636 g/mol. The number of anilines is 1. The summed E-state index contributed by atoms with van der Waals surface area (Å²) in [6, 6.07) is 32.2. The predicted molar refractivity (Wildman–Crippen MR) is 174 cm³/mol. The van der Waals surface area contributed by atoms with E-state index in [-0.39, 0.29) is 11.3 Å². The minimum absolute atomic E-state index is 0.109. The van der Waals surface area contributed by atoms with E-state index in [4.69, 9.17) is 9.47 Å². The molecule has 0 unspecified atom stereocenters. The Labute approximate surface area is 266 Å². The van der Waals surface area contributed by atoms with Gasteiger partial charge in [-0.05, 0) is 93.8 Å². The van der Waals surface area contributed by atoms with Crippen LogP contribution in [-0.4, -0.2) is 43.6 Å². The van der Waals surface area contributed by atoms with E-state index < -0.39 is 11.2 Å². The number of phenols is 1. The van der Waals surface area contributed by atoms with Gasteiger partial charge >= 0.3 is 5.30 Å². The number of hydrogen-bond donors (Lipinski definition) is 2. The fourth-order valence-electron chi connectivity index (χ4n) is 4.47. The summed E-state index contributed by atoms with van der Waals surface area (Å²) in [7, 11) is 1.56. The first kappa shape index (κ1) is 29.7. The number of nitrogens with one attached hydrogen (secondary N) is 1. The molecule has 0 saturated heterocycles. The lowest BCUT2D eigenvalue weighted by molar-refractivity contribution is 0.102. The number of benzene rings is 5. The third kappa shape index (κ3) is 6.92. The van der Waals surface area contributed by atoms with Crippen molar-refractivity contribution in [2.45, 2.75) is 15.8 Å².